The highest BCUT2D eigenvalue weighted by Gasteiger charge is 2.36. The third kappa shape index (κ3) is 3.69. The van der Waals surface area contributed by atoms with E-state index in [9.17, 15) is 4.79 Å². The maximum absolute atomic E-state index is 12.4. The minimum Gasteiger partial charge on any atom is -0.493 e. The van der Waals surface area contributed by atoms with E-state index >= 15 is 0 Å². The van der Waals surface area contributed by atoms with E-state index in [4.69, 9.17) is 4.74 Å². The molecule has 0 radical (unpaired) electrons. The van der Waals surface area contributed by atoms with Crippen LogP contribution in [0.15, 0.2) is 18.2 Å². The number of hydrogen-bond donors (Lipinski definition) is 1. The van der Waals surface area contributed by atoms with Crippen LogP contribution in [-0.4, -0.2) is 42.6 Å². The molecule has 126 valence electrons. The molecule has 2 heterocycles. The first-order chi connectivity index (χ1) is 11.0. The molecule has 1 aromatic carbocycles. The van der Waals surface area contributed by atoms with Gasteiger partial charge in [-0.1, -0.05) is 12.1 Å². The molecule has 3 rings (SSSR count). The van der Waals surface area contributed by atoms with E-state index in [-0.39, 0.29) is 5.91 Å². The van der Waals surface area contributed by atoms with Crippen molar-refractivity contribution in [1.82, 2.24) is 10.2 Å². The van der Waals surface area contributed by atoms with E-state index in [1.807, 2.05) is 24.1 Å². The topological polar surface area (TPSA) is 41.6 Å². The second kappa shape index (κ2) is 6.91. The van der Waals surface area contributed by atoms with Gasteiger partial charge in [-0.05, 0) is 56.7 Å². The van der Waals surface area contributed by atoms with Gasteiger partial charge in [0.2, 0.25) is 5.91 Å². The third-order valence-electron chi connectivity index (χ3n) is 5.52. The summed E-state index contributed by atoms with van der Waals surface area (Å²) in [4.78, 5) is 14.4. The molecule has 0 saturated carbocycles. The Balaban J connectivity index is 1.48. The van der Waals surface area contributed by atoms with Crippen LogP contribution >= 0.6 is 0 Å². The van der Waals surface area contributed by atoms with Gasteiger partial charge in [0.25, 0.3) is 0 Å². The zero-order valence-corrected chi connectivity index (χ0v) is 14.5. The van der Waals surface area contributed by atoms with Gasteiger partial charge in [0, 0.05) is 25.2 Å². The number of carbonyl (C=O) groups is 1. The zero-order chi connectivity index (χ0) is 16.4. The van der Waals surface area contributed by atoms with Crippen LogP contribution in [0.25, 0.3) is 0 Å². The molecule has 2 fully saturated rings. The lowest BCUT2D eigenvalue weighted by Crippen LogP contribution is -2.48. The number of rotatable bonds is 5. The van der Waals surface area contributed by atoms with E-state index in [1.165, 1.54) is 18.4 Å². The SMILES string of the molecule is Cc1cccc(OCCC(=O)N(C)C2CC3CCC(C2)N3)c1C. The molecule has 1 amide bonds. The molecule has 23 heavy (non-hydrogen) atoms. The standard InChI is InChI=1S/C19H28N2O2/c1-13-5-4-6-18(14(13)2)23-10-9-19(22)21(3)17-11-15-7-8-16(12-17)20-15/h4-6,15-17,20H,7-12H2,1-3H3. The summed E-state index contributed by atoms with van der Waals surface area (Å²) in [5.41, 5.74) is 2.37. The number of piperidine rings is 1. The quantitative estimate of drug-likeness (QED) is 0.908. The van der Waals surface area contributed by atoms with Crippen molar-refractivity contribution in [3.63, 3.8) is 0 Å². The normalized spacial score (nSPS) is 26.1. The third-order valence-corrected chi connectivity index (χ3v) is 5.52. The number of nitrogens with zero attached hydrogens (tertiary/aromatic N) is 1. The van der Waals surface area contributed by atoms with E-state index in [1.54, 1.807) is 0 Å². The molecule has 2 aliphatic rings. The summed E-state index contributed by atoms with van der Waals surface area (Å²) >= 11 is 0. The average Bonchev–Trinajstić information content (AvgIpc) is 2.88. The smallest absolute Gasteiger partial charge is 0.225 e. The van der Waals surface area contributed by atoms with Crippen LogP contribution in [0.1, 0.15) is 43.2 Å². The molecule has 2 saturated heterocycles. The Kier molecular flexibility index (Phi) is 4.90. The predicted octanol–water partition coefficient (Wildman–Crippen LogP) is 2.81. The maximum atomic E-state index is 12.4. The van der Waals surface area contributed by atoms with Crippen LogP contribution in [-0.2, 0) is 4.79 Å². The highest BCUT2D eigenvalue weighted by atomic mass is 16.5. The summed E-state index contributed by atoms with van der Waals surface area (Å²) in [5.74, 6) is 1.09. The average molecular weight is 316 g/mol. The Bertz CT molecular complexity index is 560. The number of benzene rings is 1. The van der Waals surface area contributed by atoms with Crippen molar-refractivity contribution in [3.8, 4) is 5.75 Å². The van der Waals surface area contributed by atoms with Gasteiger partial charge in [-0.25, -0.2) is 0 Å². The molecule has 1 N–H and O–H groups in total. The monoisotopic (exact) mass is 316 g/mol. The molecule has 2 aliphatic heterocycles. The number of aryl methyl sites for hydroxylation is 1. The lowest BCUT2D eigenvalue weighted by Gasteiger charge is -2.35. The van der Waals surface area contributed by atoms with Crippen molar-refractivity contribution >= 4 is 5.91 Å². The van der Waals surface area contributed by atoms with Crippen molar-refractivity contribution in [2.75, 3.05) is 13.7 Å². The second-order valence-corrected chi connectivity index (χ2v) is 7.06. The van der Waals surface area contributed by atoms with Crippen LogP contribution in [0.2, 0.25) is 0 Å². The van der Waals surface area contributed by atoms with Crippen LogP contribution < -0.4 is 10.1 Å². The van der Waals surface area contributed by atoms with Crippen LogP contribution in [0.4, 0.5) is 0 Å². The van der Waals surface area contributed by atoms with Crippen molar-refractivity contribution in [2.45, 2.75) is 64.1 Å². The molecule has 2 bridgehead atoms. The molecule has 4 heteroatoms. The Morgan fingerprint density at radius 3 is 2.65 bits per heavy atom. The summed E-state index contributed by atoms with van der Waals surface area (Å²) in [7, 11) is 1.95. The molecule has 0 spiro atoms. The fourth-order valence-electron chi connectivity index (χ4n) is 3.85. The van der Waals surface area contributed by atoms with Gasteiger partial charge in [0.05, 0.1) is 13.0 Å². The van der Waals surface area contributed by atoms with Crippen molar-refractivity contribution in [1.29, 1.82) is 0 Å². The lowest BCUT2D eigenvalue weighted by molar-refractivity contribution is -0.133. The first-order valence-electron chi connectivity index (χ1n) is 8.75. The van der Waals surface area contributed by atoms with E-state index in [0.717, 1.165) is 24.2 Å². The Hall–Kier alpha value is -1.55. The molecule has 2 unspecified atom stereocenters. The number of amides is 1. The summed E-state index contributed by atoms with van der Waals surface area (Å²) in [6, 6.07) is 7.66. The Morgan fingerprint density at radius 2 is 1.96 bits per heavy atom. The predicted molar refractivity (Wildman–Crippen MR) is 91.8 cm³/mol. The molecule has 4 nitrogen and oxygen atoms in total. The van der Waals surface area contributed by atoms with Gasteiger partial charge in [0.15, 0.2) is 0 Å². The second-order valence-electron chi connectivity index (χ2n) is 7.06. The molecule has 0 aliphatic carbocycles. The maximum Gasteiger partial charge on any atom is 0.225 e. The van der Waals surface area contributed by atoms with Gasteiger partial charge in [0.1, 0.15) is 5.75 Å². The van der Waals surface area contributed by atoms with Crippen LogP contribution in [0.3, 0.4) is 0 Å². The van der Waals surface area contributed by atoms with Crippen LogP contribution in [0, 0.1) is 13.8 Å². The van der Waals surface area contributed by atoms with Gasteiger partial charge in [-0.2, -0.15) is 0 Å². The summed E-state index contributed by atoms with van der Waals surface area (Å²) < 4.78 is 5.82. The lowest BCUT2D eigenvalue weighted by atomic mass is 9.98. The number of carbonyl (C=O) groups excluding carboxylic acids is 1. The number of hydrogen-bond acceptors (Lipinski definition) is 3. The first-order valence-corrected chi connectivity index (χ1v) is 8.75. The largest absolute Gasteiger partial charge is 0.493 e. The zero-order valence-electron chi connectivity index (χ0n) is 14.5. The van der Waals surface area contributed by atoms with E-state index < -0.39 is 0 Å². The Morgan fingerprint density at radius 1 is 1.26 bits per heavy atom. The van der Waals surface area contributed by atoms with Gasteiger partial charge in [-0.3, -0.25) is 4.79 Å². The minimum atomic E-state index is 0.196. The van der Waals surface area contributed by atoms with Crippen molar-refractivity contribution in [3.05, 3.63) is 29.3 Å². The molecular weight excluding hydrogens is 288 g/mol. The molecule has 1 aromatic rings. The summed E-state index contributed by atoms with van der Waals surface area (Å²) in [6.07, 6.45) is 5.16. The highest BCUT2D eigenvalue weighted by molar-refractivity contribution is 5.76. The van der Waals surface area contributed by atoms with Gasteiger partial charge in [-0.15, -0.1) is 0 Å². The molecular formula is C19H28N2O2. The summed E-state index contributed by atoms with van der Waals surface area (Å²) in [5, 5.41) is 3.63. The first kappa shape index (κ1) is 16.3. The van der Waals surface area contributed by atoms with Crippen molar-refractivity contribution < 1.29 is 9.53 Å². The van der Waals surface area contributed by atoms with Crippen LogP contribution in [0.5, 0.6) is 5.75 Å². The van der Waals surface area contributed by atoms with Crippen molar-refractivity contribution in [2.24, 2.45) is 0 Å². The Labute approximate surface area is 139 Å². The molecule has 0 aromatic heterocycles. The number of fused-ring (bicyclic) bond motifs is 2. The number of ether oxygens (including phenoxy) is 1. The van der Waals surface area contributed by atoms with E-state index in [2.05, 4.69) is 25.2 Å². The fourth-order valence-corrected chi connectivity index (χ4v) is 3.85. The van der Waals surface area contributed by atoms with Gasteiger partial charge < -0.3 is 15.0 Å². The summed E-state index contributed by atoms with van der Waals surface area (Å²) in [6.45, 7) is 4.58. The number of nitrogens with one attached hydrogen (secondary N) is 1. The molecule has 2 atom stereocenters. The highest BCUT2D eigenvalue weighted by Crippen LogP contribution is 2.29. The fraction of sp³-hybridized carbons (Fsp3) is 0.632. The minimum absolute atomic E-state index is 0.196. The van der Waals surface area contributed by atoms with Gasteiger partial charge >= 0.3 is 0 Å². The van der Waals surface area contributed by atoms with E-state index in [0.29, 0.717) is 31.2 Å².